The van der Waals surface area contributed by atoms with Crippen LogP contribution in [-0.4, -0.2) is 25.0 Å². The molecule has 9 heteroatoms. The normalized spacial score (nSPS) is 11.0. The summed E-state index contributed by atoms with van der Waals surface area (Å²) in [6.07, 6.45) is 1.40. The minimum absolute atomic E-state index is 0.337. The van der Waals surface area contributed by atoms with Gasteiger partial charge in [-0.2, -0.15) is 4.68 Å². The second kappa shape index (κ2) is 6.19. The molecule has 0 radical (unpaired) electrons. The van der Waals surface area contributed by atoms with Crippen molar-refractivity contribution in [3.05, 3.63) is 58.8 Å². The molecule has 2 heterocycles. The van der Waals surface area contributed by atoms with Gasteiger partial charge < -0.3 is 11.1 Å². The number of halogens is 2. The van der Waals surface area contributed by atoms with Gasteiger partial charge in [0.05, 0.1) is 15.6 Å². The van der Waals surface area contributed by atoms with Crippen molar-refractivity contribution in [1.82, 2.24) is 25.0 Å². The molecule has 0 spiro atoms. The lowest BCUT2D eigenvalue weighted by Crippen LogP contribution is -2.08. The smallest absolute Gasteiger partial charge is 0.184 e. The molecule has 2 aromatic carbocycles. The van der Waals surface area contributed by atoms with Crippen LogP contribution < -0.4 is 11.1 Å². The summed E-state index contributed by atoms with van der Waals surface area (Å²) < 4.78 is 1.58. The average Bonchev–Trinajstić information content (AvgIpc) is 3.04. The first-order valence-corrected chi connectivity index (χ1v) is 8.02. The van der Waals surface area contributed by atoms with Crippen LogP contribution in [0.2, 0.25) is 10.0 Å². The van der Waals surface area contributed by atoms with Gasteiger partial charge >= 0.3 is 0 Å². The van der Waals surface area contributed by atoms with Crippen molar-refractivity contribution < 1.29 is 0 Å². The highest BCUT2D eigenvalue weighted by molar-refractivity contribution is 6.42. The number of hydrogen-bond donors (Lipinski definition) is 2. The quantitative estimate of drug-likeness (QED) is 0.567. The summed E-state index contributed by atoms with van der Waals surface area (Å²) in [4.78, 5) is 8.43. The zero-order valence-corrected chi connectivity index (χ0v) is 14.2. The Morgan fingerprint density at radius 1 is 1.00 bits per heavy atom. The minimum atomic E-state index is 0.337. The number of anilines is 3. The fraction of sp³-hybridized carbons (Fsp3) is 0. The lowest BCUT2D eigenvalue weighted by Gasteiger charge is -2.11. The maximum Gasteiger partial charge on any atom is 0.184 e. The van der Waals surface area contributed by atoms with E-state index in [0.717, 1.165) is 11.0 Å². The Hall–Kier alpha value is -2.90. The Kier molecular flexibility index (Phi) is 3.87. The Bertz CT molecular complexity index is 1080. The molecule has 0 bridgehead atoms. The van der Waals surface area contributed by atoms with E-state index in [-0.39, 0.29) is 0 Å². The van der Waals surface area contributed by atoms with E-state index in [4.69, 9.17) is 28.9 Å². The van der Waals surface area contributed by atoms with Gasteiger partial charge in [0.1, 0.15) is 17.5 Å². The summed E-state index contributed by atoms with van der Waals surface area (Å²) in [7, 11) is 0. The van der Waals surface area contributed by atoms with Gasteiger partial charge in [0.15, 0.2) is 11.6 Å². The van der Waals surface area contributed by atoms with Crippen molar-refractivity contribution in [2.24, 2.45) is 0 Å². The summed E-state index contributed by atoms with van der Waals surface area (Å²) in [6, 6.07) is 12.7. The third-order valence-electron chi connectivity index (χ3n) is 3.60. The number of hydrogen-bond acceptors (Lipinski definition) is 6. The van der Waals surface area contributed by atoms with Gasteiger partial charge in [-0.25, -0.2) is 9.97 Å². The Morgan fingerprint density at radius 3 is 2.68 bits per heavy atom. The van der Waals surface area contributed by atoms with Crippen LogP contribution in [-0.2, 0) is 0 Å². The van der Waals surface area contributed by atoms with E-state index < -0.39 is 0 Å². The third-order valence-corrected chi connectivity index (χ3v) is 4.34. The first-order chi connectivity index (χ1) is 12.1. The van der Waals surface area contributed by atoms with Gasteiger partial charge in [0.25, 0.3) is 0 Å². The number of nitrogens with one attached hydrogen (secondary N) is 1. The number of nitrogens with two attached hydrogens (primary N) is 1. The fourth-order valence-corrected chi connectivity index (χ4v) is 2.69. The number of fused-ring (bicyclic) bond motifs is 1. The molecule has 4 aromatic rings. The lowest BCUT2D eigenvalue weighted by atomic mass is 10.3. The SMILES string of the molecule is Nc1c(Nc2ccc(Cl)c(Cl)c2)ncnc1-n1nnc2ccccc21. The van der Waals surface area contributed by atoms with Crippen LogP contribution in [0.25, 0.3) is 16.9 Å². The van der Waals surface area contributed by atoms with Crippen molar-refractivity contribution in [1.29, 1.82) is 0 Å². The second-order valence-corrected chi connectivity index (χ2v) is 6.02. The van der Waals surface area contributed by atoms with E-state index in [1.54, 1.807) is 22.9 Å². The van der Waals surface area contributed by atoms with Crippen molar-refractivity contribution >= 4 is 51.4 Å². The predicted molar refractivity (Wildman–Crippen MR) is 98.6 cm³/mol. The summed E-state index contributed by atoms with van der Waals surface area (Å²) in [5, 5.41) is 12.3. The molecule has 4 rings (SSSR count). The minimum Gasteiger partial charge on any atom is -0.393 e. The standard InChI is InChI=1S/C16H11Cl2N7/c17-10-6-5-9(7-11(10)18)22-15-14(19)16(21-8-20-15)25-13-4-2-1-3-12(13)23-24-25/h1-8H,19H2,(H,20,21,22). The zero-order chi connectivity index (χ0) is 17.4. The largest absolute Gasteiger partial charge is 0.393 e. The van der Waals surface area contributed by atoms with Crippen molar-refractivity contribution in [2.45, 2.75) is 0 Å². The zero-order valence-electron chi connectivity index (χ0n) is 12.7. The van der Waals surface area contributed by atoms with Gasteiger partial charge in [-0.1, -0.05) is 40.5 Å². The average molecular weight is 372 g/mol. The summed E-state index contributed by atoms with van der Waals surface area (Å²) in [5.41, 5.74) is 8.84. The van der Waals surface area contributed by atoms with E-state index in [1.165, 1.54) is 6.33 Å². The Labute approximate surface area is 152 Å². The molecule has 25 heavy (non-hydrogen) atoms. The molecule has 0 fully saturated rings. The topological polar surface area (TPSA) is 94.5 Å². The van der Waals surface area contributed by atoms with Gasteiger partial charge in [-0.3, -0.25) is 0 Å². The maximum atomic E-state index is 6.25. The molecular formula is C16H11Cl2N7. The highest BCUT2D eigenvalue weighted by atomic mass is 35.5. The molecule has 2 aromatic heterocycles. The Morgan fingerprint density at radius 2 is 1.84 bits per heavy atom. The highest BCUT2D eigenvalue weighted by Crippen LogP contribution is 2.29. The van der Waals surface area contributed by atoms with Gasteiger partial charge in [0, 0.05) is 5.69 Å². The maximum absolute atomic E-state index is 6.25. The Balaban J connectivity index is 1.76. The van der Waals surface area contributed by atoms with Crippen LogP contribution >= 0.6 is 23.2 Å². The molecule has 0 saturated carbocycles. The van der Waals surface area contributed by atoms with Crippen LogP contribution in [0.4, 0.5) is 17.2 Å². The third kappa shape index (κ3) is 2.84. The molecule has 0 saturated heterocycles. The number of nitrogen functional groups attached to an aromatic ring is 1. The van der Waals surface area contributed by atoms with E-state index >= 15 is 0 Å². The van der Waals surface area contributed by atoms with E-state index in [0.29, 0.717) is 33.1 Å². The van der Waals surface area contributed by atoms with Crippen LogP contribution in [0.3, 0.4) is 0 Å². The van der Waals surface area contributed by atoms with Gasteiger partial charge in [-0.05, 0) is 30.3 Å². The molecule has 0 aliphatic rings. The first-order valence-electron chi connectivity index (χ1n) is 7.27. The van der Waals surface area contributed by atoms with Crippen LogP contribution in [0.5, 0.6) is 0 Å². The molecule has 124 valence electrons. The van der Waals surface area contributed by atoms with E-state index in [9.17, 15) is 0 Å². The number of nitrogens with zero attached hydrogens (tertiary/aromatic N) is 5. The van der Waals surface area contributed by atoms with E-state index in [2.05, 4.69) is 25.6 Å². The van der Waals surface area contributed by atoms with Gasteiger partial charge in [-0.15, -0.1) is 5.10 Å². The van der Waals surface area contributed by atoms with Crippen molar-refractivity contribution in [3.63, 3.8) is 0 Å². The second-order valence-electron chi connectivity index (χ2n) is 5.20. The van der Waals surface area contributed by atoms with Crippen LogP contribution in [0, 0.1) is 0 Å². The van der Waals surface area contributed by atoms with Crippen LogP contribution in [0.15, 0.2) is 48.8 Å². The lowest BCUT2D eigenvalue weighted by molar-refractivity contribution is 0.800. The fourth-order valence-electron chi connectivity index (χ4n) is 2.39. The van der Waals surface area contributed by atoms with Crippen LogP contribution in [0.1, 0.15) is 0 Å². The molecule has 0 aliphatic heterocycles. The first kappa shape index (κ1) is 15.6. The number of benzene rings is 2. The molecule has 0 unspecified atom stereocenters. The molecule has 0 atom stereocenters. The molecule has 0 aliphatic carbocycles. The van der Waals surface area contributed by atoms with Gasteiger partial charge in [0.2, 0.25) is 0 Å². The molecular weight excluding hydrogens is 361 g/mol. The molecule has 7 nitrogen and oxygen atoms in total. The summed E-state index contributed by atoms with van der Waals surface area (Å²) in [5.74, 6) is 0.870. The number of rotatable bonds is 3. The molecule has 0 amide bonds. The molecule has 3 N–H and O–H groups in total. The monoisotopic (exact) mass is 371 g/mol. The van der Waals surface area contributed by atoms with E-state index in [1.807, 2.05) is 24.3 Å². The number of para-hydroxylation sites is 1. The number of aromatic nitrogens is 5. The van der Waals surface area contributed by atoms with Crippen molar-refractivity contribution in [2.75, 3.05) is 11.1 Å². The summed E-state index contributed by atoms with van der Waals surface area (Å²) >= 11 is 12.0. The predicted octanol–water partition coefficient (Wildman–Crippen LogP) is 3.84. The van der Waals surface area contributed by atoms with Crippen molar-refractivity contribution in [3.8, 4) is 5.82 Å². The highest BCUT2D eigenvalue weighted by Gasteiger charge is 2.14. The summed E-state index contributed by atoms with van der Waals surface area (Å²) in [6.45, 7) is 0.